The van der Waals surface area contributed by atoms with E-state index in [-0.39, 0.29) is 29.6 Å². The number of sulfonamides is 1. The Morgan fingerprint density at radius 1 is 1.03 bits per heavy atom. The van der Waals surface area contributed by atoms with E-state index in [1.54, 1.807) is 24.3 Å². The lowest BCUT2D eigenvalue weighted by atomic mass is 10.2. The first-order valence-electron chi connectivity index (χ1n) is 9.13. The second-order valence-electron chi connectivity index (χ2n) is 6.72. The molecule has 0 saturated heterocycles. The summed E-state index contributed by atoms with van der Waals surface area (Å²) in [4.78, 5) is 16.6. The minimum absolute atomic E-state index is 0.0971. The van der Waals surface area contributed by atoms with E-state index < -0.39 is 15.9 Å². The SMILES string of the molecule is Cc1ccc(S(=O)(=O)Nc2ccnc(C(=O)NCc3ccc4c(c3)OCO4)c2)cc1. The van der Waals surface area contributed by atoms with Gasteiger partial charge in [0.1, 0.15) is 5.69 Å². The van der Waals surface area contributed by atoms with Crippen molar-refractivity contribution in [2.45, 2.75) is 18.4 Å². The number of fused-ring (bicyclic) bond motifs is 1. The van der Waals surface area contributed by atoms with Crippen LogP contribution in [0.4, 0.5) is 5.69 Å². The van der Waals surface area contributed by atoms with Crippen molar-refractivity contribution >= 4 is 21.6 Å². The van der Waals surface area contributed by atoms with Crippen LogP contribution in [0.25, 0.3) is 0 Å². The molecule has 154 valence electrons. The number of anilines is 1. The van der Waals surface area contributed by atoms with Crippen LogP contribution in [-0.2, 0) is 16.6 Å². The summed E-state index contributed by atoms with van der Waals surface area (Å²) in [5, 5.41) is 2.76. The number of nitrogens with one attached hydrogen (secondary N) is 2. The minimum Gasteiger partial charge on any atom is -0.454 e. The molecule has 2 aromatic carbocycles. The molecule has 2 N–H and O–H groups in total. The summed E-state index contributed by atoms with van der Waals surface area (Å²) in [6, 6.07) is 14.8. The van der Waals surface area contributed by atoms with Gasteiger partial charge in [-0.1, -0.05) is 23.8 Å². The van der Waals surface area contributed by atoms with E-state index in [2.05, 4.69) is 15.0 Å². The third-order valence-electron chi connectivity index (χ3n) is 4.47. The zero-order chi connectivity index (χ0) is 21.1. The van der Waals surface area contributed by atoms with Gasteiger partial charge in [0.2, 0.25) is 6.79 Å². The fraction of sp³-hybridized carbons (Fsp3) is 0.143. The minimum atomic E-state index is -3.77. The van der Waals surface area contributed by atoms with Crippen LogP contribution in [0.15, 0.2) is 65.7 Å². The van der Waals surface area contributed by atoms with Gasteiger partial charge in [-0.3, -0.25) is 14.5 Å². The third-order valence-corrected chi connectivity index (χ3v) is 5.86. The highest BCUT2D eigenvalue weighted by Crippen LogP contribution is 2.32. The highest BCUT2D eigenvalue weighted by Gasteiger charge is 2.16. The summed E-state index contributed by atoms with van der Waals surface area (Å²) in [6.07, 6.45) is 1.38. The molecule has 0 unspecified atom stereocenters. The Labute approximate surface area is 173 Å². The number of aryl methyl sites for hydroxylation is 1. The van der Waals surface area contributed by atoms with Crippen molar-refractivity contribution in [1.82, 2.24) is 10.3 Å². The normalized spacial score (nSPS) is 12.4. The molecule has 30 heavy (non-hydrogen) atoms. The van der Waals surface area contributed by atoms with Crippen molar-refractivity contribution in [3.05, 3.63) is 77.6 Å². The second kappa shape index (κ2) is 8.03. The summed E-state index contributed by atoms with van der Waals surface area (Å²) in [5.41, 5.74) is 2.14. The summed E-state index contributed by atoms with van der Waals surface area (Å²) < 4.78 is 38.1. The van der Waals surface area contributed by atoms with Crippen molar-refractivity contribution < 1.29 is 22.7 Å². The molecule has 1 aromatic heterocycles. The fourth-order valence-corrected chi connectivity index (χ4v) is 3.92. The van der Waals surface area contributed by atoms with Crippen LogP contribution in [0.5, 0.6) is 11.5 Å². The third kappa shape index (κ3) is 4.36. The van der Waals surface area contributed by atoms with Crippen molar-refractivity contribution in [1.29, 1.82) is 0 Å². The largest absolute Gasteiger partial charge is 0.454 e. The Bertz CT molecular complexity index is 1190. The molecule has 0 saturated carbocycles. The Kier molecular flexibility index (Phi) is 5.28. The lowest BCUT2D eigenvalue weighted by Crippen LogP contribution is -2.24. The Morgan fingerprint density at radius 3 is 2.60 bits per heavy atom. The Morgan fingerprint density at radius 2 is 1.80 bits per heavy atom. The quantitative estimate of drug-likeness (QED) is 0.629. The van der Waals surface area contributed by atoms with Crippen molar-refractivity contribution in [2.75, 3.05) is 11.5 Å². The number of nitrogens with zero attached hydrogens (tertiary/aromatic N) is 1. The molecule has 9 heteroatoms. The maximum Gasteiger partial charge on any atom is 0.270 e. The number of amides is 1. The first kappa shape index (κ1) is 19.7. The molecule has 0 spiro atoms. The van der Waals surface area contributed by atoms with Gasteiger partial charge in [-0.25, -0.2) is 8.42 Å². The van der Waals surface area contributed by atoms with Crippen LogP contribution in [-0.4, -0.2) is 26.1 Å². The number of hydrogen-bond donors (Lipinski definition) is 2. The standard InChI is InChI=1S/C21H19N3O5S/c1-14-2-5-17(6-3-14)30(26,27)24-16-8-9-22-18(11-16)21(25)23-12-15-4-7-19-20(10-15)29-13-28-19/h2-11H,12-13H2,1H3,(H,22,24)(H,23,25). The van der Waals surface area contributed by atoms with Gasteiger partial charge in [-0.2, -0.15) is 0 Å². The average molecular weight is 425 g/mol. The molecule has 1 amide bonds. The van der Waals surface area contributed by atoms with Crippen molar-refractivity contribution in [2.24, 2.45) is 0 Å². The van der Waals surface area contributed by atoms with E-state index in [0.29, 0.717) is 11.5 Å². The molecule has 4 rings (SSSR count). The number of ether oxygens (including phenoxy) is 2. The number of aromatic nitrogens is 1. The number of carbonyl (C=O) groups excluding carboxylic acids is 1. The molecule has 3 aromatic rings. The number of hydrogen-bond acceptors (Lipinski definition) is 6. The Balaban J connectivity index is 1.43. The van der Waals surface area contributed by atoms with Crippen molar-refractivity contribution in [3.8, 4) is 11.5 Å². The molecule has 1 aliphatic rings. The van der Waals surface area contributed by atoms with Crippen LogP contribution >= 0.6 is 0 Å². The number of benzene rings is 2. The lowest BCUT2D eigenvalue weighted by Gasteiger charge is -2.10. The molecular formula is C21H19N3O5S. The molecule has 0 atom stereocenters. The van der Waals surface area contributed by atoms with Crippen LogP contribution in [0.3, 0.4) is 0 Å². The van der Waals surface area contributed by atoms with Gasteiger partial charge in [-0.15, -0.1) is 0 Å². The molecule has 1 aliphatic heterocycles. The summed E-state index contributed by atoms with van der Waals surface area (Å²) >= 11 is 0. The second-order valence-corrected chi connectivity index (χ2v) is 8.40. The van der Waals surface area contributed by atoms with Crippen LogP contribution in [0.1, 0.15) is 21.6 Å². The predicted octanol–water partition coefficient (Wildman–Crippen LogP) is 2.85. The molecule has 0 aliphatic carbocycles. The van der Waals surface area contributed by atoms with Gasteiger partial charge in [0.15, 0.2) is 11.5 Å². The van der Waals surface area contributed by atoms with E-state index in [1.165, 1.54) is 30.5 Å². The molecule has 2 heterocycles. The zero-order valence-electron chi connectivity index (χ0n) is 16.1. The van der Waals surface area contributed by atoms with Crippen molar-refractivity contribution in [3.63, 3.8) is 0 Å². The van der Waals surface area contributed by atoms with Gasteiger partial charge in [-0.05, 0) is 48.9 Å². The van der Waals surface area contributed by atoms with Crippen LogP contribution in [0.2, 0.25) is 0 Å². The summed E-state index contributed by atoms with van der Waals surface area (Å²) in [7, 11) is -3.77. The zero-order valence-corrected chi connectivity index (χ0v) is 16.9. The Hall–Kier alpha value is -3.59. The molecule has 8 nitrogen and oxygen atoms in total. The van der Waals surface area contributed by atoms with E-state index in [1.807, 2.05) is 13.0 Å². The highest BCUT2D eigenvalue weighted by atomic mass is 32.2. The van der Waals surface area contributed by atoms with Gasteiger partial charge in [0, 0.05) is 12.7 Å². The van der Waals surface area contributed by atoms with E-state index in [0.717, 1.165) is 11.1 Å². The topological polar surface area (TPSA) is 107 Å². The van der Waals surface area contributed by atoms with E-state index in [9.17, 15) is 13.2 Å². The maximum atomic E-state index is 12.5. The maximum absolute atomic E-state index is 12.5. The lowest BCUT2D eigenvalue weighted by molar-refractivity contribution is 0.0946. The molecule has 0 fully saturated rings. The molecule has 0 bridgehead atoms. The van der Waals surface area contributed by atoms with Gasteiger partial charge in [0.25, 0.3) is 15.9 Å². The van der Waals surface area contributed by atoms with Gasteiger partial charge >= 0.3 is 0 Å². The van der Waals surface area contributed by atoms with Crippen LogP contribution in [0, 0.1) is 6.92 Å². The van der Waals surface area contributed by atoms with Gasteiger partial charge in [0.05, 0.1) is 10.6 Å². The average Bonchev–Trinajstić information content (AvgIpc) is 3.20. The summed E-state index contributed by atoms with van der Waals surface area (Å²) in [5.74, 6) is 0.872. The molecular weight excluding hydrogens is 406 g/mol. The number of carbonyl (C=O) groups is 1. The number of rotatable bonds is 6. The number of pyridine rings is 1. The first-order chi connectivity index (χ1) is 14.4. The fourth-order valence-electron chi connectivity index (χ4n) is 2.87. The van der Waals surface area contributed by atoms with E-state index >= 15 is 0 Å². The van der Waals surface area contributed by atoms with Crippen LogP contribution < -0.4 is 19.5 Å². The first-order valence-corrected chi connectivity index (χ1v) is 10.6. The van der Waals surface area contributed by atoms with E-state index in [4.69, 9.17) is 9.47 Å². The van der Waals surface area contributed by atoms with Gasteiger partial charge < -0.3 is 14.8 Å². The summed E-state index contributed by atoms with van der Waals surface area (Å²) in [6.45, 7) is 2.32. The smallest absolute Gasteiger partial charge is 0.270 e. The monoisotopic (exact) mass is 425 g/mol. The highest BCUT2D eigenvalue weighted by molar-refractivity contribution is 7.92. The molecule has 0 radical (unpaired) electrons. The predicted molar refractivity (Wildman–Crippen MR) is 110 cm³/mol.